The average Bonchev–Trinajstić information content (AvgIpc) is 3.26. The molecule has 0 saturated heterocycles. The summed E-state index contributed by atoms with van der Waals surface area (Å²) in [4.78, 5) is 24.9. The van der Waals surface area contributed by atoms with Crippen molar-refractivity contribution in [2.45, 2.75) is 51.0 Å². The van der Waals surface area contributed by atoms with Crippen molar-refractivity contribution >= 4 is 17.6 Å². The smallest absolute Gasteiger partial charge is 0.256 e. The van der Waals surface area contributed by atoms with Gasteiger partial charge < -0.3 is 15.4 Å². The van der Waals surface area contributed by atoms with Gasteiger partial charge in [-0.25, -0.2) is 0 Å². The summed E-state index contributed by atoms with van der Waals surface area (Å²) in [6, 6.07) is 20.7. The number of amides is 2. The van der Waals surface area contributed by atoms with Crippen molar-refractivity contribution < 1.29 is 14.3 Å². The van der Waals surface area contributed by atoms with Crippen molar-refractivity contribution in [3.05, 3.63) is 84.1 Å². The van der Waals surface area contributed by atoms with Gasteiger partial charge in [0.25, 0.3) is 5.91 Å². The molecular weight excluding hydrogens is 404 g/mol. The van der Waals surface area contributed by atoms with Gasteiger partial charge in [-0.2, -0.15) is 5.10 Å². The summed E-state index contributed by atoms with van der Waals surface area (Å²) in [7, 11) is 0. The van der Waals surface area contributed by atoms with Crippen LogP contribution >= 0.6 is 0 Å². The second-order valence-electron chi connectivity index (χ2n) is 8.01. The normalized spacial score (nSPS) is 18.1. The van der Waals surface area contributed by atoms with Crippen molar-refractivity contribution in [1.82, 2.24) is 15.1 Å². The SMILES string of the molecule is O=C(Cn1ccc(NC(=O)c2ccccc2)n1)NC1CCCCC1OCc1ccccc1. The molecule has 2 N–H and O–H groups in total. The molecular formula is C25H28N4O3. The number of carbonyl (C=O) groups excluding carboxylic acids is 2. The molecule has 0 bridgehead atoms. The van der Waals surface area contributed by atoms with E-state index in [1.54, 1.807) is 36.5 Å². The molecule has 1 fully saturated rings. The molecule has 2 unspecified atom stereocenters. The minimum absolute atomic E-state index is 0.00579. The topological polar surface area (TPSA) is 85.2 Å². The monoisotopic (exact) mass is 432 g/mol. The predicted octanol–water partition coefficient (Wildman–Crippen LogP) is 3.78. The van der Waals surface area contributed by atoms with Gasteiger partial charge in [0.1, 0.15) is 6.54 Å². The van der Waals surface area contributed by atoms with Crippen LogP contribution in [0, 0.1) is 0 Å². The Morgan fingerprint density at radius 1 is 0.969 bits per heavy atom. The lowest BCUT2D eigenvalue weighted by Gasteiger charge is -2.32. The molecule has 1 saturated carbocycles. The van der Waals surface area contributed by atoms with Crippen LogP contribution in [0.1, 0.15) is 41.6 Å². The fraction of sp³-hybridized carbons (Fsp3) is 0.320. The largest absolute Gasteiger partial charge is 0.371 e. The molecule has 2 aromatic carbocycles. The van der Waals surface area contributed by atoms with Crippen LogP contribution in [0.25, 0.3) is 0 Å². The van der Waals surface area contributed by atoms with Gasteiger partial charge in [-0.3, -0.25) is 14.3 Å². The van der Waals surface area contributed by atoms with Crippen molar-refractivity contribution in [3.63, 3.8) is 0 Å². The summed E-state index contributed by atoms with van der Waals surface area (Å²) in [5, 5.41) is 10.2. The predicted molar refractivity (Wildman–Crippen MR) is 122 cm³/mol. The lowest BCUT2D eigenvalue weighted by molar-refractivity contribution is -0.124. The van der Waals surface area contributed by atoms with Crippen LogP contribution in [-0.2, 0) is 22.7 Å². The van der Waals surface area contributed by atoms with E-state index in [1.165, 1.54) is 4.68 Å². The van der Waals surface area contributed by atoms with Crippen LogP contribution in [-0.4, -0.2) is 33.7 Å². The number of nitrogens with zero attached hydrogens (tertiary/aromatic N) is 2. The van der Waals surface area contributed by atoms with E-state index in [2.05, 4.69) is 15.7 Å². The number of benzene rings is 2. The maximum absolute atomic E-state index is 12.6. The molecule has 32 heavy (non-hydrogen) atoms. The van der Waals surface area contributed by atoms with Crippen molar-refractivity contribution in [3.8, 4) is 0 Å². The van der Waals surface area contributed by atoms with Crippen LogP contribution in [0.3, 0.4) is 0 Å². The summed E-state index contributed by atoms with van der Waals surface area (Å²) in [6.45, 7) is 0.630. The molecule has 1 heterocycles. The van der Waals surface area contributed by atoms with Crippen LogP contribution in [0.5, 0.6) is 0 Å². The Morgan fingerprint density at radius 2 is 1.69 bits per heavy atom. The Labute approximate surface area is 187 Å². The first-order valence-electron chi connectivity index (χ1n) is 11.0. The summed E-state index contributed by atoms with van der Waals surface area (Å²) < 4.78 is 7.66. The van der Waals surface area contributed by atoms with E-state index in [1.807, 2.05) is 36.4 Å². The van der Waals surface area contributed by atoms with Crippen LogP contribution in [0.4, 0.5) is 5.82 Å². The maximum atomic E-state index is 12.6. The molecule has 166 valence electrons. The molecule has 1 aromatic heterocycles. The van der Waals surface area contributed by atoms with Gasteiger partial charge in [-0.1, -0.05) is 61.4 Å². The highest BCUT2D eigenvalue weighted by Crippen LogP contribution is 2.22. The zero-order chi connectivity index (χ0) is 22.2. The Balaban J connectivity index is 1.28. The molecule has 0 radical (unpaired) electrons. The van der Waals surface area contributed by atoms with Crippen molar-refractivity contribution in [1.29, 1.82) is 0 Å². The zero-order valence-electron chi connectivity index (χ0n) is 17.9. The molecule has 4 rings (SSSR count). The Morgan fingerprint density at radius 3 is 2.47 bits per heavy atom. The summed E-state index contributed by atoms with van der Waals surface area (Å²) in [5.74, 6) is 0.0588. The van der Waals surface area contributed by atoms with Gasteiger partial charge in [0.2, 0.25) is 5.91 Å². The van der Waals surface area contributed by atoms with E-state index in [4.69, 9.17) is 4.74 Å². The first-order valence-corrected chi connectivity index (χ1v) is 11.0. The fourth-order valence-corrected chi connectivity index (χ4v) is 3.93. The highest BCUT2D eigenvalue weighted by Gasteiger charge is 2.27. The van der Waals surface area contributed by atoms with Gasteiger partial charge in [0.15, 0.2) is 5.82 Å². The second-order valence-corrected chi connectivity index (χ2v) is 8.01. The minimum Gasteiger partial charge on any atom is -0.371 e. The van der Waals surface area contributed by atoms with E-state index in [0.717, 1.165) is 31.2 Å². The van der Waals surface area contributed by atoms with Crippen molar-refractivity contribution in [2.75, 3.05) is 5.32 Å². The van der Waals surface area contributed by atoms with Crippen LogP contribution in [0.15, 0.2) is 72.9 Å². The Hall–Kier alpha value is -3.45. The molecule has 0 aliphatic heterocycles. The lowest BCUT2D eigenvalue weighted by Crippen LogP contribution is -2.47. The van der Waals surface area contributed by atoms with E-state index in [0.29, 0.717) is 18.0 Å². The van der Waals surface area contributed by atoms with Crippen LogP contribution in [0.2, 0.25) is 0 Å². The van der Waals surface area contributed by atoms with E-state index in [-0.39, 0.29) is 30.5 Å². The third-order valence-electron chi connectivity index (χ3n) is 5.58. The van der Waals surface area contributed by atoms with E-state index in [9.17, 15) is 9.59 Å². The molecule has 3 aromatic rings. The maximum Gasteiger partial charge on any atom is 0.256 e. The summed E-state index contributed by atoms with van der Waals surface area (Å²) in [5.41, 5.74) is 1.68. The molecule has 2 atom stereocenters. The van der Waals surface area contributed by atoms with Crippen LogP contribution < -0.4 is 10.6 Å². The lowest BCUT2D eigenvalue weighted by atomic mass is 9.92. The number of hydrogen-bond acceptors (Lipinski definition) is 4. The number of ether oxygens (including phenoxy) is 1. The highest BCUT2D eigenvalue weighted by atomic mass is 16.5. The number of anilines is 1. The first kappa shape index (κ1) is 21.8. The number of aromatic nitrogens is 2. The molecule has 2 amide bonds. The standard InChI is InChI=1S/C25H28N4O3/c30-24(17-29-16-15-23(28-29)27-25(31)20-11-5-2-6-12-20)26-21-13-7-8-14-22(21)32-18-19-9-3-1-4-10-19/h1-6,9-12,15-16,21-22H,7-8,13-14,17-18H2,(H,26,30)(H,27,28,31). The van der Waals surface area contributed by atoms with Gasteiger partial charge in [-0.05, 0) is 30.5 Å². The first-order chi connectivity index (χ1) is 15.7. The highest BCUT2D eigenvalue weighted by molar-refractivity contribution is 6.03. The quantitative estimate of drug-likeness (QED) is 0.567. The number of carbonyl (C=O) groups is 2. The number of nitrogens with one attached hydrogen (secondary N) is 2. The van der Waals surface area contributed by atoms with Gasteiger partial charge in [0.05, 0.1) is 18.8 Å². The fourth-order valence-electron chi connectivity index (χ4n) is 3.93. The molecule has 7 heteroatoms. The summed E-state index contributed by atoms with van der Waals surface area (Å²) >= 11 is 0. The Bertz CT molecular complexity index is 1020. The van der Waals surface area contributed by atoms with E-state index < -0.39 is 0 Å². The summed E-state index contributed by atoms with van der Waals surface area (Å²) in [6.07, 6.45) is 5.72. The third-order valence-corrected chi connectivity index (χ3v) is 5.58. The van der Waals surface area contributed by atoms with Gasteiger partial charge in [-0.15, -0.1) is 0 Å². The zero-order valence-corrected chi connectivity index (χ0v) is 17.9. The minimum atomic E-state index is -0.235. The van der Waals surface area contributed by atoms with Crippen molar-refractivity contribution in [2.24, 2.45) is 0 Å². The average molecular weight is 433 g/mol. The van der Waals surface area contributed by atoms with E-state index >= 15 is 0 Å². The van der Waals surface area contributed by atoms with Gasteiger partial charge in [0, 0.05) is 17.8 Å². The Kier molecular flexibility index (Phi) is 7.30. The molecule has 1 aliphatic carbocycles. The van der Waals surface area contributed by atoms with Gasteiger partial charge >= 0.3 is 0 Å². The number of hydrogen-bond donors (Lipinski definition) is 2. The molecule has 7 nitrogen and oxygen atoms in total. The third kappa shape index (κ3) is 6.04. The second kappa shape index (κ2) is 10.7. The molecule has 0 spiro atoms. The number of rotatable bonds is 8. The molecule has 1 aliphatic rings.